The molecule has 0 bridgehead atoms. The van der Waals surface area contributed by atoms with Crippen LogP contribution in [0.25, 0.3) is 5.78 Å². The van der Waals surface area contributed by atoms with Crippen LogP contribution in [0, 0.1) is 19.8 Å². The molecule has 7 heteroatoms. The predicted octanol–water partition coefficient (Wildman–Crippen LogP) is 3.09. The Labute approximate surface area is 169 Å². The molecule has 1 aliphatic heterocycles. The van der Waals surface area contributed by atoms with Gasteiger partial charge in [-0.2, -0.15) is 0 Å². The van der Waals surface area contributed by atoms with E-state index in [0.717, 1.165) is 24.2 Å². The van der Waals surface area contributed by atoms with E-state index in [4.69, 9.17) is 4.74 Å². The van der Waals surface area contributed by atoms with Crippen molar-refractivity contribution in [2.24, 2.45) is 5.92 Å². The lowest BCUT2D eigenvalue weighted by atomic mass is 9.88. The van der Waals surface area contributed by atoms with E-state index in [2.05, 4.69) is 9.97 Å². The lowest BCUT2D eigenvalue weighted by Gasteiger charge is -2.32. The van der Waals surface area contributed by atoms with Crippen molar-refractivity contribution in [3.8, 4) is 5.75 Å². The number of likely N-dealkylation sites (tertiary alicyclic amines) is 1. The second kappa shape index (κ2) is 7.66. The Morgan fingerprint density at radius 2 is 2.07 bits per heavy atom. The van der Waals surface area contributed by atoms with Crippen molar-refractivity contribution >= 4 is 17.5 Å². The first-order valence-corrected chi connectivity index (χ1v) is 9.77. The van der Waals surface area contributed by atoms with Gasteiger partial charge in [0.1, 0.15) is 11.4 Å². The highest BCUT2D eigenvalue weighted by Gasteiger charge is 2.32. The third-order valence-corrected chi connectivity index (χ3v) is 5.56. The maximum absolute atomic E-state index is 13.3. The van der Waals surface area contributed by atoms with Crippen LogP contribution in [0.2, 0.25) is 0 Å². The summed E-state index contributed by atoms with van der Waals surface area (Å²) in [6.07, 6.45) is 5.03. The van der Waals surface area contributed by atoms with Crippen LogP contribution in [0.5, 0.6) is 5.75 Å². The molecule has 1 fully saturated rings. The van der Waals surface area contributed by atoms with Crippen molar-refractivity contribution in [2.75, 3.05) is 20.2 Å². The number of methoxy groups -OCH3 is 1. The minimum absolute atomic E-state index is 0.0826. The number of hydrogen-bond acceptors (Lipinski definition) is 5. The molecular formula is C22H24N4O3. The number of rotatable bonds is 4. The second-order valence-electron chi connectivity index (χ2n) is 7.47. The van der Waals surface area contributed by atoms with Gasteiger partial charge in [0.15, 0.2) is 5.78 Å². The molecule has 150 valence electrons. The summed E-state index contributed by atoms with van der Waals surface area (Å²) in [6, 6.07) is 7.27. The van der Waals surface area contributed by atoms with Gasteiger partial charge in [0, 0.05) is 37.0 Å². The number of carbonyl (C=O) groups is 2. The maximum Gasteiger partial charge on any atom is 0.272 e. The third-order valence-electron chi connectivity index (χ3n) is 5.56. The van der Waals surface area contributed by atoms with Crippen LogP contribution in [0.1, 0.15) is 44.9 Å². The lowest BCUT2D eigenvalue weighted by molar-refractivity contribution is 0.0630. The number of fused-ring (bicyclic) bond motifs is 1. The molecule has 0 aliphatic carbocycles. The minimum Gasteiger partial charge on any atom is -0.497 e. The smallest absolute Gasteiger partial charge is 0.272 e. The number of aryl methyl sites for hydroxylation is 2. The van der Waals surface area contributed by atoms with E-state index in [1.54, 1.807) is 40.9 Å². The molecule has 4 rings (SSSR count). The molecule has 0 N–H and O–H groups in total. The molecule has 1 amide bonds. The summed E-state index contributed by atoms with van der Waals surface area (Å²) < 4.78 is 6.95. The van der Waals surface area contributed by atoms with Gasteiger partial charge >= 0.3 is 0 Å². The van der Waals surface area contributed by atoms with E-state index in [9.17, 15) is 9.59 Å². The lowest BCUT2D eigenvalue weighted by Crippen LogP contribution is -2.43. The van der Waals surface area contributed by atoms with Crippen molar-refractivity contribution in [2.45, 2.75) is 26.7 Å². The fraction of sp³-hybridized carbons (Fsp3) is 0.364. The molecule has 7 nitrogen and oxygen atoms in total. The van der Waals surface area contributed by atoms with Gasteiger partial charge in [-0.15, -0.1) is 0 Å². The number of carbonyl (C=O) groups excluding carboxylic acids is 2. The molecule has 0 radical (unpaired) electrons. The molecule has 2 aromatic heterocycles. The second-order valence-corrected chi connectivity index (χ2v) is 7.47. The largest absolute Gasteiger partial charge is 0.497 e. The van der Waals surface area contributed by atoms with Crippen molar-refractivity contribution in [1.82, 2.24) is 19.3 Å². The van der Waals surface area contributed by atoms with Crippen LogP contribution in [0.15, 0.2) is 36.7 Å². The van der Waals surface area contributed by atoms with Gasteiger partial charge in [-0.25, -0.2) is 9.97 Å². The van der Waals surface area contributed by atoms with E-state index in [0.29, 0.717) is 35.8 Å². The van der Waals surface area contributed by atoms with E-state index >= 15 is 0 Å². The molecule has 29 heavy (non-hydrogen) atoms. The number of piperidine rings is 1. The van der Waals surface area contributed by atoms with Crippen LogP contribution in [0.4, 0.5) is 0 Å². The third kappa shape index (κ3) is 3.48. The highest BCUT2D eigenvalue weighted by atomic mass is 16.5. The van der Waals surface area contributed by atoms with E-state index < -0.39 is 0 Å². The van der Waals surface area contributed by atoms with Crippen molar-refractivity contribution in [3.63, 3.8) is 0 Å². The fourth-order valence-electron chi connectivity index (χ4n) is 4.04. The highest BCUT2D eigenvalue weighted by Crippen LogP contribution is 2.26. The molecule has 0 spiro atoms. The molecule has 1 saturated heterocycles. The van der Waals surface area contributed by atoms with Gasteiger partial charge in [0.05, 0.1) is 12.8 Å². The number of imidazole rings is 1. The summed E-state index contributed by atoms with van der Waals surface area (Å²) in [6.45, 7) is 4.78. The number of nitrogens with zero attached hydrogens (tertiary/aromatic N) is 4. The normalized spacial score (nSPS) is 16.8. The Bertz CT molecular complexity index is 1090. The summed E-state index contributed by atoms with van der Waals surface area (Å²) in [5.41, 5.74) is 2.75. The zero-order chi connectivity index (χ0) is 20.5. The molecular weight excluding hydrogens is 368 g/mol. The number of hydrogen-bond donors (Lipinski definition) is 0. The molecule has 1 aromatic carbocycles. The number of ether oxygens (including phenoxy) is 1. The quantitative estimate of drug-likeness (QED) is 0.638. The first kappa shape index (κ1) is 19.1. The molecule has 3 aromatic rings. The van der Waals surface area contributed by atoms with Gasteiger partial charge in [-0.1, -0.05) is 0 Å². The van der Waals surface area contributed by atoms with Gasteiger partial charge in [-0.05, 0) is 56.5 Å². The number of ketones is 1. The van der Waals surface area contributed by atoms with E-state index in [1.165, 1.54) is 0 Å². The van der Waals surface area contributed by atoms with Gasteiger partial charge in [0.2, 0.25) is 5.78 Å². The van der Waals surface area contributed by atoms with Gasteiger partial charge in [0.25, 0.3) is 5.91 Å². The van der Waals surface area contributed by atoms with Crippen LogP contribution in [-0.2, 0) is 0 Å². The SMILES string of the molecule is COc1ccc(C(=O)[C@H]2CCCN(C(=O)c3c(C)nc4ncccn34)C2)c(C)c1. The number of Topliss-reactive ketones (excluding diaryl/α,β-unsaturated/α-hetero) is 1. The average molecular weight is 392 g/mol. The Morgan fingerprint density at radius 1 is 1.24 bits per heavy atom. The van der Waals surface area contributed by atoms with Crippen LogP contribution in [0.3, 0.4) is 0 Å². The minimum atomic E-state index is -0.211. The summed E-state index contributed by atoms with van der Waals surface area (Å²) in [5, 5.41) is 0. The average Bonchev–Trinajstić information content (AvgIpc) is 3.08. The zero-order valence-corrected chi connectivity index (χ0v) is 16.9. The Balaban J connectivity index is 1.57. The summed E-state index contributed by atoms with van der Waals surface area (Å²) >= 11 is 0. The number of aromatic nitrogens is 3. The standard InChI is InChI=1S/C22H24N4O3/c1-14-12-17(29-3)7-8-18(14)20(27)16-6-4-10-25(13-16)21(28)19-15(2)24-22-23-9-5-11-26(19)22/h5,7-9,11-12,16H,4,6,10,13H2,1-3H3/t16-/m0/s1. The monoisotopic (exact) mass is 392 g/mol. The fourth-order valence-corrected chi connectivity index (χ4v) is 4.04. The van der Waals surface area contributed by atoms with Crippen LogP contribution < -0.4 is 4.74 Å². The zero-order valence-electron chi connectivity index (χ0n) is 16.9. The van der Waals surface area contributed by atoms with Crippen LogP contribution >= 0.6 is 0 Å². The summed E-state index contributed by atoms with van der Waals surface area (Å²) in [5.74, 6) is 1.01. The molecule has 3 heterocycles. The molecule has 0 unspecified atom stereocenters. The van der Waals surface area contributed by atoms with Gasteiger partial charge < -0.3 is 9.64 Å². The van der Waals surface area contributed by atoms with Gasteiger partial charge in [-0.3, -0.25) is 14.0 Å². The molecule has 1 aliphatic rings. The number of benzene rings is 1. The number of amides is 1. The highest BCUT2D eigenvalue weighted by molar-refractivity contribution is 6.00. The first-order valence-electron chi connectivity index (χ1n) is 9.77. The van der Waals surface area contributed by atoms with Crippen molar-refractivity contribution in [3.05, 3.63) is 59.2 Å². The predicted molar refractivity (Wildman–Crippen MR) is 108 cm³/mol. The summed E-state index contributed by atoms with van der Waals surface area (Å²) in [7, 11) is 1.61. The van der Waals surface area contributed by atoms with Crippen LogP contribution in [-0.4, -0.2) is 51.2 Å². The Morgan fingerprint density at radius 3 is 2.83 bits per heavy atom. The topological polar surface area (TPSA) is 76.8 Å². The van der Waals surface area contributed by atoms with Crippen molar-refractivity contribution < 1.29 is 14.3 Å². The Kier molecular flexibility index (Phi) is 5.05. The summed E-state index contributed by atoms with van der Waals surface area (Å²) in [4.78, 5) is 36.8. The molecule has 1 atom stereocenters. The van der Waals surface area contributed by atoms with E-state index in [1.807, 2.05) is 26.0 Å². The van der Waals surface area contributed by atoms with E-state index in [-0.39, 0.29) is 17.6 Å². The Hall–Kier alpha value is -3.22. The maximum atomic E-state index is 13.3. The first-order chi connectivity index (χ1) is 14.0. The molecule has 0 saturated carbocycles. The van der Waals surface area contributed by atoms with Crippen molar-refractivity contribution in [1.29, 1.82) is 0 Å².